The molecule has 26 heavy (non-hydrogen) atoms. The Labute approximate surface area is 151 Å². The highest BCUT2D eigenvalue weighted by Crippen LogP contribution is 2.27. The van der Waals surface area contributed by atoms with E-state index < -0.39 is 5.97 Å². The minimum atomic E-state index is -0.478. The Bertz CT molecular complexity index is 965. The number of amides is 1. The summed E-state index contributed by atoms with van der Waals surface area (Å²) in [4.78, 5) is 24.9. The van der Waals surface area contributed by atoms with Crippen molar-refractivity contribution < 1.29 is 19.1 Å². The van der Waals surface area contributed by atoms with Gasteiger partial charge in [-0.1, -0.05) is 36.4 Å². The third-order valence-corrected chi connectivity index (χ3v) is 3.98. The molecule has 5 nitrogen and oxygen atoms in total. The highest BCUT2D eigenvalue weighted by atomic mass is 16.5. The van der Waals surface area contributed by atoms with Crippen molar-refractivity contribution in [3.8, 4) is 5.75 Å². The van der Waals surface area contributed by atoms with E-state index in [1.165, 1.54) is 7.11 Å². The van der Waals surface area contributed by atoms with Crippen LogP contribution in [0.3, 0.4) is 0 Å². The van der Waals surface area contributed by atoms with Crippen molar-refractivity contribution in [2.75, 3.05) is 19.0 Å². The zero-order chi connectivity index (χ0) is 18.5. The Balaban J connectivity index is 1.96. The third-order valence-electron chi connectivity index (χ3n) is 3.98. The molecule has 0 atom stereocenters. The number of fused-ring (bicyclic) bond motifs is 1. The first-order chi connectivity index (χ1) is 12.6. The van der Waals surface area contributed by atoms with Crippen LogP contribution in [-0.2, 0) is 4.74 Å². The maximum Gasteiger partial charge on any atom is 0.340 e. The van der Waals surface area contributed by atoms with Crippen LogP contribution in [0.5, 0.6) is 5.75 Å². The molecule has 0 spiro atoms. The van der Waals surface area contributed by atoms with E-state index in [1.807, 2.05) is 30.3 Å². The van der Waals surface area contributed by atoms with E-state index in [0.717, 1.165) is 10.8 Å². The molecule has 1 amide bonds. The van der Waals surface area contributed by atoms with Gasteiger partial charge in [0.05, 0.1) is 30.5 Å². The number of anilines is 1. The zero-order valence-corrected chi connectivity index (χ0v) is 14.6. The summed E-state index contributed by atoms with van der Waals surface area (Å²) in [5.74, 6) is -0.368. The molecule has 132 valence electrons. The van der Waals surface area contributed by atoms with Crippen LogP contribution in [0, 0.1) is 0 Å². The molecule has 5 heteroatoms. The Morgan fingerprint density at radius 2 is 1.58 bits per heavy atom. The van der Waals surface area contributed by atoms with Gasteiger partial charge in [0.15, 0.2) is 0 Å². The highest BCUT2D eigenvalue weighted by molar-refractivity contribution is 6.11. The topological polar surface area (TPSA) is 64.6 Å². The second-order valence-electron chi connectivity index (χ2n) is 5.62. The smallest absolute Gasteiger partial charge is 0.340 e. The van der Waals surface area contributed by atoms with Gasteiger partial charge in [0.25, 0.3) is 5.91 Å². The van der Waals surface area contributed by atoms with E-state index in [0.29, 0.717) is 22.6 Å². The number of benzene rings is 3. The molecule has 0 aliphatic rings. The molecule has 0 fully saturated rings. The largest absolute Gasteiger partial charge is 0.496 e. The molecule has 0 aliphatic carbocycles. The highest BCUT2D eigenvalue weighted by Gasteiger charge is 2.18. The summed E-state index contributed by atoms with van der Waals surface area (Å²) in [6.07, 6.45) is 0. The van der Waals surface area contributed by atoms with Gasteiger partial charge in [0.2, 0.25) is 0 Å². The zero-order valence-electron chi connectivity index (χ0n) is 14.6. The summed E-state index contributed by atoms with van der Waals surface area (Å²) >= 11 is 0. The average molecular weight is 349 g/mol. The summed E-state index contributed by atoms with van der Waals surface area (Å²) < 4.78 is 10.4. The van der Waals surface area contributed by atoms with Crippen LogP contribution >= 0.6 is 0 Å². The van der Waals surface area contributed by atoms with Crippen molar-refractivity contribution in [2.24, 2.45) is 0 Å². The minimum Gasteiger partial charge on any atom is -0.496 e. The second kappa shape index (κ2) is 7.70. The number of methoxy groups -OCH3 is 1. The van der Waals surface area contributed by atoms with Crippen LogP contribution in [0.15, 0.2) is 60.7 Å². The molecule has 0 saturated carbocycles. The number of carbonyl (C=O) groups excluding carboxylic acids is 2. The van der Waals surface area contributed by atoms with Gasteiger partial charge in [0, 0.05) is 0 Å². The van der Waals surface area contributed by atoms with Gasteiger partial charge in [0.1, 0.15) is 5.75 Å². The summed E-state index contributed by atoms with van der Waals surface area (Å²) in [5.41, 5.74) is 1.10. The molecule has 3 aromatic carbocycles. The average Bonchev–Trinajstić information content (AvgIpc) is 2.67. The number of carbonyl (C=O) groups is 2. The lowest BCUT2D eigenvalue weighted by Crippen LogP contribution is -2.16. The molecule has 0 radical (unpaired) electrons. The number of rotatable bonds is 5. The van der Waals surface area contributed by atoms with Crippen LogP contribution in [0.2, 0.25) is 0 Å². The van der Waals surface area contributed by atoms with Gasteiger partial charge in [-0.2, -0.15) is 0 Å². The third kappa shape index (κ3) is 3.52. The number of para-hydroxylation sites is 1. The van der Waals surface area contributed by atoms with E-state index in [4.69, 9.17) is 9.47 Å². The van der Waals surface area contributed by atoms with Crippen LogP contribution in [0.4, 0.5) is 5.69 Å². The fraction of sp³-hybridized carbons (Fsp3) is 0.143. The molecular weight excluding hydrogens is 330 g/mol. The van der Waals surface area contributed by atoms with Gasteiger partial charge in [-0.3, -0.25) is 4.79 Å². The lowest BCUT2D eigenvalue weighted by Gasteiger charge is -2.13. The molecule has 1 N–H and O–H groups in total. The van der Waals surface area contributed by atoms with E-state index in [-0.39, 0.29) is 12.5 Å². The number of hydrogen-bond acceptors (Lipinski definition) is 4. The van der Waals surface area contributed by atoms with E-state index in [1.54, 1.807) is 37.3 Å². The standard InChI is InChI=1S/C21H19NO4/c1-3-26-21(24)16-10-6-7-11-18(16)22-20(23)17-12-14-8-4-5-9-15(14)13-19(17)25-2/h4-13H,3H2,1-2H3,(H,22,23). The first kappa shape index (κ1) is 17.5. The Morgan fingerprint density at radius 1 is 0.923 bits per heavy atom. The molecule has 3 rings (SSSR count). The maximum atomic E-state index is 12.8. The Kier molecular flexibility index (Phi) is 5.17. The first-order valence-electron chi connectivity index (χ1n) is 8.28. The minimum absolute atomic E-state index is 0.264. The van der Waals surface area contributed by atoms with Gasteiger partial charge in [-0.15, -0.1) is 0 Å². The molecule has 0 aliphatic heterocycles. The van der Waals surface area contributed by atoms with Crippen molar-refractivity contribution in [1.82, 2.24) is 0 Å². The summed E-state index contributed by atoms with van der Waals surface area (Å²) in [7, 11) is 1.52. The van der Waals surface area contributed by atoms with Gasteiger partial charge in [-0.05, 0) is 42.0 Å². The van der Waals surface area contributed by atoms with Crippen molar-refractivity contribution in [3.63, 3.8) is 0 Å². The Morgan fingerprint density at radius 3 is 2.27 bits per heavy atom. The second-order valence-corrected chi connectivity index (χ2v) is 5.62. The van der Waals surface area contributed by atoms with Crippen LogP contribution in [0.25, 0.3) is 10.8 Å². The fourth-order valence-corrected chi connectivity index (χ4v) is 2.73. The summed E-state index contributed by atoms with van der Waals surface area (Å²) in [6.45, 7) is 2.00. The number of esters is 1. The van der Waals surface area contributed by atoms with Crippen LogP contribution < -0.4 is 10.1 Å². The van der Waals surface area contributed by atoms with Gasteiger partial charge < -0.3 is 14.8 Å². The van der Waals surface area contributed by atoms with Gasteiger partial charge in [-0.25, -0.2) is 4.79 Å². The molecule has 0 aromatic heterocycles. The van der Waals surface area contributed by atoms with Crippen molar-refractivity contribution in [1.29, 1.82) is 0 Å². The predicted molar refractivity (Wildman–Crippen MR) is 101 cm³/mol. The molecule has 3 aromatic rings. The monoisotopic (exact) mass is 349 g/mol. The molecular formula is C21H19NO4. The SMILES string of the molecule is CCOC(=O)c1ccccc1NC(=O)c1cc2ccccc2cc1OC. The normalized spacial score (nSPS) is 10.4. The van der Waals surface area contributed by atoms with E-state index in [9.17, 15) is 9.59 Å². The lowest BCUT2D eigenvalue weighted by molar-refractivity contribution is 0.0527. The van der Waals surface area contributed by atoms with Crippen molar-refractivity contribution >= 4 is 28.3 Å². The predicted octanol–water partition coefficient (Wildman–Crippen LogP) is 4.28. The summed E-state index contributed by atoms with van der Waals surface area (Å²) in [5, 5.41) is 4.69. The number of nitrogens with one attached hydrogen (secondary N) is 1. The molecule has 0 saturated heterocycles. The van der Waals surface area contributed by atoms with Crippen LogP contribution in [0.1, 0.15) is 27.6 Å². The Hall–Kier alpha value is -3.34. The quantitative estimate of drug-likeness (QED) is 0.698. The summed E-state index contributed by atoms with van der Waals surface area (Å²) in [6, 6.07) is 18.1. The molecule has 0 heterocycles. The maximum absolute atomic E-state index is 12.8. The number of ether oxygens (including phenoxy) is 2. The van der Waals surface area contributed by atoms with Crippen molar-refractivity contribution in [3.05, 3.63) is 71.8 Å². The number of hydrogen-bond donors (Lipinski definition) is 1. The lowest BCUT2D eigenvalue weighted by atomic mass is 10.0. The van der Waals surface area contributed by atoms with Crippen molar-refractivity contribution in [2.45, 2.75) is 6.92 Å². The first-order valence-corrected chi connectivity index (χ1v) is 8.28. The van der Waals surface area contributed by atoms with E-state index >= 15 is 0 Å². The molecule has 0 unspecified atom stereocenters. The molecule has 0 bridgehead atoms. The van der Waals surface area contributed by atoms with E-state index in [2.05, 4.69) is 5.32 Å². The van der Waals surface area contributed by atoms with Crippen LogP contribution in [-0.4, -0.2) is 25.6 Å². The fourth-order valence-electron chi connectivity index (χ4n) is 2.73. The van der Waals surface area contributed by atoms with Gasteiger partial charge >= 0.3 is 5.97 Å².